The van der Waals surface area contributed by atoms with E-state index in [0.717, 1.165) is 55.0 Å². The highest BCUT2D eigenvalue weighted by molar-refractivity contribution is 5.79. The minimum atomic E-state index is -0.0286. The van der Waals surface area contributed by atoms with Crippen LogP contribution in [0.1, 0.15) is 42.5 Å². The molecule has 1 aliphatic heterocycles. The third kappa shape index (κ3) is 4.71. The summed E-state index contributed by atoms with van der Waals surface area (Å²) in [6.07, 6.45) is 4.06. The summed E-state index contributed by atoms with van der Waals surface area (Å²) in [4.78, 5) is 18.3. The molecule has 3 aromatic rings. The standard InChI is InChI=1S/C24H31N5O2/c1-17-7-4-8-20(23(17)31-3)16-28-13-6-9-19(15-28)22-21-10-5-11-26-24(21)29(27-22)14-12-25-18(2)30/h4-5,7-8,10-11,19H,6,9,12-16H2,1-3H3,(H,25,30)/t19-/m1/s1. The minimum absolute atomic E-state index is 0.0286. The van der Waals surface area contributed by atoms with Crippen LogP contribution in [-0.4, -0.2) is 52.3 Å². The van der Waals surface area contributed by atoms with Gasteiger partial charge in [0.1, 0.15) is 5.75 Å². The summed E-state index contributed by atoms with van der Waals surface area (Å²) in [6, 6.07) is 10.4. The molecule has 1 N–H and O–H groups in total. The molecule has 1 aromatic carbocycles. The van der Waals surface area contributed by atoms with Gasteiger partial charge in [-0.3, -0.25) is 9.69 Å². The Morgan fingerprint density at radius 2 is 2.16 bits per heavy atom. The van der Waals surface area contributed by atoms with Gasteiger partial charge in [0.25, 0.3) is 0 Å². The monoisotopic (exact) mass is 421 g/mol. The largest absolute Gasteiger partial charge is 0.496 e. The van der Waals surface area contributed by atoms with Gasteiger partial charge in [-0.25, -0.2) is 9.67 Å². The second-order valence-corrected chi connectivity index (χ2v) is 8.31. The Morgan fingerprint density at radius 1 is 1.29 bits per heavy atom. The summed E-state index contributed by atoms with van der Waals surface area (Å²) >= 11 is 0. The van der Waals surface area contributed by atoms with Crippen LogP contribution in [0.15, 0.2) is 36.5 Å². The van der Waals surface area contributed by atoms with Gasteiger partial charge in [-0.15, -0.1) is 0 Å². The molecule has 4 rings (SSSR count). The number of nitrogens with one attached hydrogen (secondary N) is 1. The topological polar surface area (TPSA) is 72.3 Å². The lowest BCUT2D eigenvalue weighted by Crippen LogP contribution is -2.34. The van der Waals surface area contributed by atoms with E-state index < -0.39 is 0 Å². The summed E-state index contributed by atoms with van der Waals surface area (Å²) < 4.78 is 7.60. The maximum Gasteiger partial charge on any atom is 0.216 e. The zero-order valence-electron chi connectivity index (χ0n) is 18.6. The van der Waals surface area contributed by atoms with Crippen LogP contribution in [0.4, 0.5) is 0 Å². The van der Waals surface area contributed by atoms with Gasteiger partial charge in [0.05, 0.1) is 19.3 Å². The van der Waals surface area contributed by atoms with Gasteiger partial charge < -0.3 is 10.1 Å². The number of aromatic nitrogens is 3. The first-order chi connectivity index (χ1) is 15.1. The molecule has 0 aliphatic carbocycles. The lowest BCUT2D eigenvalue weighted by molar-refractivity contribution is -0.118. The molecule has 1 saturated heterocycles. The van der Waals surface area contributed by atoms with Gasteiger partial charge in [0, 0.05) is 49.6 Å². The van der Waals surface area contributed by atoms with Crippen LogP contribution in [0.2, 0.25) is 0 Å². The SMILES string of the molecule is COc1c(C)cccc1CN1CCC[C@@H](c2nn(CCNC(C)=O)c3ncccc23)C1. The number of hydrogen-bond donors (Lipinski definition) is 1. The Hall–Kier alpha value is -2.93. The molecule has 1 atom stereocenters. The van der Waals surface area contributed by atoms with Crippen LogP contribution >= 0.6 is 0 Å². The van der Waals surface area contributed by atoms with Crippen LogP contribution in [0.5, 0.6) is 5.75 Å². The maximum atomic E-state index is 11.2. The molecule has 7 nitrogen and oxygen atoms in total. The number of rotatable bonds is 7. The summed E-state index contributed by atoms with van der Waals surface area (Å²) in [5.41, 5.74) is 4.41. The number of carbonyl (C=O) groups excluding carboxylic acids is 1. The van der Waals surface area contributed by atoms with Gasteiger partial charge in [-0.1, -0.05) is 18.2 Å². The Labute approximate surface area is 183 Å². The van der Waals surface area contributed by atoms with Crippen molar-refractivity contribution in [2.75, 3.05) is 26.7 Å². The first-order valence-corrected chi connectivity index (χ1v) is 11.0. The summed E-state index contributed by atoms with van der Waals surface area (Å²) in [5.74, 6) is 1.32. The summed E-state index contributed by atoms with van der Waals surface area (Å²) in [6.45, 7) is 7.70. The number of aryl methyl sites for hydroxylation is 1. The average Bonchev–Trinajstić information content (AvgIpc) is 3.13. The number of methoxy groups -OCH3 is 1. The fourth-order valence-electron chi connectivity index (χ4n) is 4.62. The van der Waals surface area contributed by atoms with Crippen LogP contribution in [-0.2, 0) is 17.9 Å². The van der Waals surface area contributed by atoms with Crippen molar-refractivity contribution in [1.82, 2.24) is 25.0 Å². The van der Waals surface area contributed by atoms with Crippen LogP contribution in [0, 0.1) is 6.92 Å². The van der Waals surface area contributed by atoms with Gasteiger partial charge in [0.2, 0.25) is 5.91 Å². The number of benzene rings is 1. The Balaban J connectivity index is 1.54. The molecular formula is C24H31N5O2. The third-order valence-corrected chi connectivity index (χ3v) is 6.02. The Bertz CT molecular complexity index is 1060. The number of carbonyl (C=O) groups is 1. The highest BCUT2D eigenvalue weighted by atomic mass is 16.5. The van der Waals surface area contributed by atoms with Gasteiger partial charge in [-0.2, -0.15) is 5.10 Å². The smallest absolute Gasteiger partial charge is 0.216 e. The average molecular weight is 422 g/mol. The van der Waals surface area contributed by atoms with Gasteiger partial charge in [0.15, 0.2) is 5.65 Å². The summed E-state index contributed by atoms with van der Waals surface area (Å²) in [7, 11) is 1.75. The van der Waals surface area contributed by atoms with E-state index in [0.29, 0.717) is 19.0 Å². The number of hydrogen-bond acceptors (Lipinski definition) is 5. The van der Waals surface area contributed by atoms with E-state index in [1.165, 1.54) is 18.1 Å². The molecule has 3 heterocycles. The number of piperidine rings is 1. The highest BCUT2D eigenvalue weighted by Crippen LogP contribution is 2.33. The van der Waals surface area contributed by atoms with Crippen molar-refractivity contribution in [3.63, 3.8) is 0 Å². The molecule has 1 aliphatic rings. The van der Waals surface area contributed by atoms with Crippen molar-refractivity contribution >= 4 is 16.9 Å². The Kier molecular flexibility index (Phi) is 6.51. The molecule has 2 aromatic heterocycles. The molecule has 0 saturated carbocycles. The van der Waals surface area contributed by atoms with Crippen molar-refractivity contribution < 1.29 is 9.53 Å². The third-order valence-electron chi connectivity index (χ3n) is 6.02. The number of para-hydroxylation sites is 1. The molecule has 0 unspecified atom stereocenters. The van der Waals surface area contributed by atoms with E-state index in [4.69, 9.17) is 9.84 Å². The first-order valence-electron chi connectivity index (χ1n) is 11.0. The Morgan fingerprint density at radius 3 is 2.97 bits per heavy atom. The van der Waals surface area contributed by atoms with E-state index in [9.17, 15) is 4.79 Å². The van der Waals surface area contributed by atoms with Crippen molar-refractivity contribution in [2.45, 2.75) is 45.7 Å². The molecule has 31 heavy (non-hydrogen) atoms. The van der Waals surface area contributed by atoms with Crippen LogP contribution in [0.3, 0.4) is 0 Å². The van der Waals surface area contributed by atoms with Crippen LogP contribution in [0.25, 0.3) is 11.0 Å². The zero-order chi connectivity index (χ0) is 21.8. The zero-order valence-corrected chi connectivity index (χ0v) is 18.6. The fraction of sp³-hybridized carbons (Fsp3) is 0.458. The number of amides is 1. The minimum Gasteiger partial charge on any atom is -0.496 e. The predicted octanol–water partition coefficient (Wildman–Crippen LogP) is 3.26. The number of pyridine rings is 1. The molecule has 164 valence electrons. The quantitative estimate of drug-likeness (QED) is 0.634. The molecular weight excluding hydrogens is 390 g/mol. The van der Waals surface area contributed by atoms with E-state index in [2.05, 4.69) is 46.4 Å². The van der Waals surface area contributed by atoms with E-state index in [1.54, 1.807) is 13.3 Å². The molecule has 7 heteroatoms. The number of nitrogens with zero attached hydrogens (tertiary/aromatic N) is 4. The van der Waals surface area contributed by atoms with Crippen molar-refractivity contribution in [2.24, 2.45) is 0 Å². The molecule has 0 radical (unpaired) electrons. The lowest BCUT2D eigenvalue weighted by atomic mass is 9.93. The predicted molar refractivity (Wildman–Crippen MR) is 121 cm³/mol. The highest BCUT2D eigenvalue weighted by Gasteiger charge is 2.27. The van der Waals surface area contributed by atoms with E-state index >= 15 is 0 Å². The lowest BCUT2D eigenvalue weighted by Gasteiger charge is -2.32. The van der Waals surface area contributed by atoms with Crippen molar-refractivity contribution in [3.8, 4) is 5.75 Å². The van der Waals surface area contributed by atoms with Crippen molar-refractivity contribution in [1.29, 1.82) is 0 Å². The fourth-order valence-corrected chi connectivity index (χ4v) is 4.62. The summed E-state index contributed by atoms with van der Waals surface area (Å²) in [5, 5.41) is 8.92. The second kappa shape index (κ2) is 9.47. The van der Waals surface area contributed by atoms with Crippen molar-refractivity contribution in [3.05, 3.63) is 53.3 Å². The van der Waals surface area contributed by atoms with Crippen LogP contribution < -0.4 is 10.1 Å². The van der Waals surface area contributed by atoms with E-state index in [1.807, 2.05) is 10.7 Å². The second-order valence-electron chi connectivity index (χ2n) is 8.31. The molecule has 1 fully saturated rings. The van der Waals surface area contributed by atoms with E-state index in [-0.39, 0.29) is 5.91 Å². The number of likely N-dealkylation sites (tertiary alicyclic amines) is 1. The molecule has 0 spiro atoms. The number of ether oxygens (including phenoxy) is 1. The van der Waals surface area contributed by atoms with Gasteiger partial charge in [-0.05, 0) is 44.0 Å². The maximum absolute atomic E-state index is 11.2. The molecule has 0 bridgehead atoms. The normalized spacial score (nSPS) is 17.1. The number of fused-ring (bicyclic) bond motifs is 1. The van der Waals surface area contributed by atoms with Gasteiger partial charge >= 0.3 is 0 Å². The molecule has 1 amide bonds. The first kappa shape index (κ1) is 21.3.